The van der Waals surface area contributed by atoms with E-state index in [9.17, 15) is 4.79 Å². The second-order valence-electron chi connectivity index (χ2n) is 5.75. The number of nitrogens with one attached hydrogen (secondary N) is 1. The maximum Gasteiger partial charge on any atom is 0.220 e. The summed E-state index contributed by atoms with van der Waals surface area (Å²) in [5.74, 6) is 0.153. The van der Waals surface area contributed by atoms with Gasteiger partial charge < -0.3 is 11.1 Å². The fraction of sp³-hybridized carbons (Fsp3) is 0.667. The third-order valence-corrected chi connectivity index (χ3v) is 5.32. The van der Waals surface area contributed by atoms with Gasteiger partial charge in [-0.1, -0.05) is 19.3 Å². The molecule has 1 aliphatic rings. The highest BCUT2D eigenvalue weighted by atomic mass is 32.1. The molecule has 1 aliphatic carbocycles. The molecule has 0 aromatic carbocycles. The SMILES string of the molecule is Cc1ccsc1CNC(=O)CC1(CN)CCCCC1. The summed E-state index contributed by atoms with van der Waals surface area (Å²) >= 11 is 1.70. The third-order valence-electron chi connectivity index (χ3n) is 4.30. The summed E-state index contributed by atoms with van der Waals surface area (Å²) < 4.78 is 0. The van der Waals surface area contributed by atoms with Crippen molar-refractivity contribution in [1.82, 2.24) is 5.32 Å². The van der Waals surface area contributed by atoms with Crippen molar-refractivity contribution < 1.29 is 4.79 Å². The van der Waals surface area contributed by atoms with Crippen molar-refractivity contribution in [2.75, 3.05) is 6.54 Å². The molecule has 0 atom stereocenters. The van der Waals surface area contributed by atoms with Crippen LogP contribution in [0, 0.1) is 12.3 Å². The van der Waals surface area contributed by atoms with E-state index in [1.807, 2.05) is 0 Å². The number of thiophene rings is 1. The predicted octanol–water partition coefficient (Wildman–Crippen LogP) is 2.97. The monoisotopic (exact) mass is 280 g/mol. The molecular weight excluding hydrogens is 256 g/mol. The number of aryl methyl sites for hydroxylation is 1. The Morgan fingerprint density at radius 3 is 2.74 bits per heavy atom. The first-order valence-corrected chi connectivity index (χ1v) is 8.03. The van der Waals surface area contributed by atoms with Crippen molar-refractivity contribution >= 4 is 17.2 Å². The molecule has 3 N–H and O–H groups in total. The normalized spacial score (nSPS) is 18.2. The molecule has 0 radical (unpaired) electrons. The lowest BCUT2D eigenvalue weighted by Crippen LogP contribution is -2.38. The Balaban J connectivity index is 1.84. The topological polar surface area (TPSA) is 55.1 Å². The van der Waals surface area contributed by atoms with E-state index in [0.29, 0.717) is 19.5 Å². The van der Waals surface area contributed by atoms with Gasteiger partial charge in [0, 0.05) is 11.3 Å². The molecule has 106 valence electrons. The molecule has 0 saturated heterocycles. The molecule has 4 heteroatoms. The van der Waals surface area contributed by atoms with E-state index in [1.54, 1.807) is 11.3 Å². The van der Waals surface area contributed by atoms with Crippen molar-refractivity contribution in [2.24, 2.45) is 11.1 Å². The van der Waals surface area contributed by atoms with Crippen LogP contribution in [0.5, 0.6) is 0 Å². The van der Waals surface area contributed by atoms with Crippen molar-refractivity contribution in [3.8, 4) is 0 Å². The van der Waals surface area contributed by atoms with Crippen molar-refractivity contribution in [1.29, 1.82) is 0 Å². The van der Waals surface area contributed by atoms with E-state index < -0.39 is 0 Å². The lowest BCUT2D eigenvalue weighted by Gasteiger charge is -2.35. The van der Waals surface area contributed by atoms with Gasteiger partial charge in [0.1, 0.15) is 0 Å². The van der Waals surface area contributed by atoms with Crippen LogP contribution in [0.4, 0.5) is 0 Å². The minimum atomic E-state index is 0.0623. The number of carbonyl (C=O) groups excluding carboxylic acids is 1. The molecule has 1 saturated carbocycles. The van der Waals surface area contributed by atoms with Crippen molar-refractivity contribution in [3.05, 3.63) is 21.9 Å². The van der Waals surface area contributed by atoms with Crippen LogP contribution in [0.25, 0.3) is 0 Å². The molecule has 1 heterocycles. The Bertz CT molecular complexity index is 422. The average Bonchev–Trinajstić information content (AvgIpc) is 2.83. The molecule has 3 nitrogen and oxygen atoms in total. The van der Waals surface area contributed by atoms with Gasteiger partial charge in [0.2, 0.25) is 5.91 Å². The van der Waals surface area contributed by atoms with Crippen LogP contribution in [0.2, 0.25) is 0 Å². The second-order valence-corrected chi connectivity index (χ2v) is 6.75. The summed E-state index contributed by atoms with van der Waals surface area (Å²) in [4.78, 5) is 13.4. The molecule has 1 amide bonds. The Kier molecular flexibility index (Phi) is 4.99. The zero-order valence-electron chi connectivity index (χ0n) is 11.7. The quantitative estimate of drug-likeness (QED) is 0.871. The molecule has 0 unspecified atom stereocenters. The smallest absolute Gasteiger partial charge is 0.220 e. The number of rotatable bonds is 5. The maximum atomic E-state index is 12.1. The zero-order valence-corrected chi connectivity index (χ0v) is 12.5. The number of amides is 1. The van der Waals surface area contributed by atoms with Crippen LogP contribution >= 0.6 is 11.3 Å². The standard InChI is InChI=1S/C15H24N2OS/c1-12-5-8-19-13(12)10-17-14(18)9-15(11-16)6-3-2-4-7-15/h5,8H,2-4,6-7,9-11,16H2,1H3,(H,17,18). The Morgan fingerprint density at radius 2 is 2.16 bits per heavy atom. The third kappa shape index (κ3) is 3.80. The van der Waals surface area contributed by atoms with E-state index in [4.69, 9.17) is 5.73 Å². The number of hydrogen-bond acceptors (Lipinski definition) is 3. The highest BCUT2D eigenvalue weighted by Crippen LogP contribution is 2.38. The highest BCUT2D eigenvalue weighted by molar-refractivity contribution is 7.10. The van der Waals surface area contributed by atoms with Gasteiger partial charge >= 0.3 is 0 Å². The zero-order chi connectivity index (χ0) is 13.7. The van der Waals surface area contributed by atoms with Gasteiger partial charge in [-0.05, 0) is 48.7 Å². The summed E-state index contributed by atoms with van der Waals surface area (Å²) in [7, 11) is 0. The van der Waals surface area contributed by atoms with E-state index >= 15 is 0 Å². The first kappa shape index (κ1) is 14.5. The van der Waals surface area contributed by atoms with E-state index in [-0.39, 0.29) is 11.3 Å². The predicted molar refractivity (Wildman–Crippen MR) is 80.1 cm³/mol. The van der Waals surface area contributed by atoms with Gasteiger partial charge in [0.15, 0.2) is 0 Å². The summed E-state index contributed by atoms with van der Waals surface area (Å²) in [6, 6.07) is 2.09. The molecular formula is C15H24N2OS. The summed E-state index contributed by atoms with van der Waals surface area (Å²) in [6.07, 6.45) is 6.53. The fourth-order valence-corrected chi connectivity index (χ4v) is 3.77. The van der Waals surface area contributed by atoms with Gasteiger partial charge in [-0.3, -0.25) is 4.79 Å². The van der Waals surface area contributed by atoms with Crippen molar-refractivity contribution in [3.63, 3.8) is 0 Å². The van der Waals surface area contributed by atoms with Crippen LogP contribution < -0.4 is 11.1 Å². The molecule has 0 aliphatic heterocycles. The summed E-state index contributed by atoms with van der Waals surface area (Å²) in [5, 5.41) is 5.12. The Morgan fingerprint density at radius 1 is 1.42 bits per heavy atom. The molecule has 1 aromatic heterocycles. The molecule has 2 rings (SSSR count). The minimum Gasteiger partial charge on any atom is -0.351 e. The van der Waals surface area contributed by atoms with E-state index in [1.165, 1.54) is 29.7 Å². The Hall–Kier alpha value is -0.870. The Labute approximate surface area is 119 Å². The number of hydrogen-bond donors (Lipinski definition) is 2. The number of carbonyl (C=O) groups is 1. The molecule has 19 heavy (non-hydrogen) atoms. The van der Waals surface area contributed by atoms with Gasteiger partial charge in [0.25, 0.3) is 0 Å². The molecule has 0 bridgehead atoms. The first-order chi connectivity index (χ1) is 9.15. The lowest BCUT2D eigenvalue weighted by molar-refractivity contribution is -0.124. The lowest BCUT2D eigenvalue weighted by atomic mass is 9.71. The van der Waals surface area contributed by atoms with Crippen LogP contribution in [-0.4, -0.2) is 12.5 Å². The number of nitrogens with two attached hydrogens (primary N) is 1. The largest absolute Gasteiger partial charge is 0.351 e. The van der Waals surface area contributed by atoms with Crippen molar-refractivity contribution in [2.45, 2.75) is 52.0 Å². The van der Waals surface area contributed by atoms with Crippen LogP contribution in [0.3, 0.4) is 0 Å². The fourth-order valence-electron chi connectivity index (χ4n) is 2.92. The van der Waals surface area contributed by atoms with E-state index in [0.717, 1.165) is 12.8 Å². The average molecular weight is 280 g/mol. The summed E-state index contributed by atoms with van der Waals surface area (Å²) in [6.45, 7) is 3.38. The molecule has 1 aromatic rings. The van der Waals surface area contributed by atoms with Gasteiger partial charge in [-0.25, -0.2) is 0 Å². The minimum absolute atomic E-state index is 0.0623. The summed E-state index contributed by atoms with van der Waals surface area (Å²) in [5.41, 5.74) is 7.25. The van der Waals surface area contributed by atoms with Gasteiger partial charge in [0.05, 0.1) is 6.54 Å². The molecule has 1 fully saturated rings. The second kappa shape index (κ2) is 6.53. The van der Waals surface area contributed by atoms with Gasteiger partial charge in [-0.2, -0.15) is 0 Å². The van der Waals surface area contributed by atoms with Crippen LogP contribution in [-0.2, 0) is 11.3 Å². The molecule has 0 spiro atoms. The van der Waals surface area contributed by atoms with Gasteiger partial charge in [-0.15, -0.1) is 11.3 Å². The van der Waals surface area contributed by atoms with E-state index in [2.05, 4.69) is 23.7 Å². The highest BCUT2D eigenvalue weighted by Gasteiger charge is 2.32. The van der Waals surface area contributed by atoms with Crippen LogP contribution in [0.1, 0.15) is 49.0 Å². The van der Waals surface area contributed by atoms with Crippen LogP contribution in [0.15, 0.2) is 11.4 Å². The maximum absolute atomic E-state index is 12.1. The first-order valence-electron chi connectivity index (χ1n) is 7.15.